The van der Waals surface area contributed by atoms with Gasteiger partial charge in [-0.2, -0.15) is 0 Å². The van der Waals surface area contributed by atoms with E-state index in [1.54, 1.807) is 12.1 Å². The van der Waals surface area contributed by atoms with E-state index in [1.165, 1.54) is 5.56 Å². The fourth-order valence-electron chi connectivity index (χ4n) is 4.50. The van der Waals surface area contributed by atoms with Crippen LogP contribution in [0.3, 0.4) is 0 Å². The van der Waals surface area contributed by atoms with Gasteiger partial charge in [-0.3, -0.25) is 4.90 Å². The number of nitrogens with two attached hydrogens (primary N) is 1. The quantitative estimate of drug-likeness (QED) is 0.732. The molecule has 5 rings (SSSR count). The zero-order chi connectivity index (χ0) is 19.1. The summed E-state index contributed by atoms with van der Waals surface area (Å²) in [5, 5.41) is 18.5. The minimum atomic E-state index is 0.199. The molecule has 2 aliphatic heterocycles. The van der Waals surface area contributed by atoms with E-state index in [4.69, 9.17) is 5.73 Å². The molecule has 6 heteroatoms. The molecule has 0 saturated carbocycles. The number of phenols is 1. The summed E-state index contributed by atoms with van der Waals surface area (Å²) in [6.45, 7) is 2.95. The predicted octanol–water partition coefficient (Wildman–Crippen LogP) is 2.89. The summed E-state index contributed by atoms with van der Waals surface area (Å²) in [6, 6.07) is 20.7. The smallest absolute Gasteiger partial charge is 0.169 e. The number of hydrogen-bond acceptors (Lipinski definition) is 6. The van der Waals surface area contributed by atoms with E-state index in [0.29, 0.717) is 29.2 Å². The van der Waals surface area contributed by atoms with Crippen LogP contribution >= 0.6 is 0 Å². The van der Waals surface area contributed by atoms with Crippen LogP contribution in [0.2, 0.25) is 0 Å². The molecule has 1 aromatic heterocycles. The Morgan fingerprint density at radius 3 is 2.50 bits per heavy atom. The van der Waals surface area contributed by atoms with Crippen molar-refractivity contribution in [2.75, 3.05) is 23.7 Å². The first-order valence-electron chi connectivity index (χ1n) is 9.65. The van der Waals surface area contributed by atoms with Gasteiger partial charge in [-0.25, -0.2) is 0 Å². The summed E-state index contributed by atoms with van der Waals surface area (Å²) >= 11 is 0. The topological polar surface area (TPSA) is 78.5 Å². The van der Waals surface area contributed by atoms with Crippen molar-refractivity contribution >= 4 is 11.5 Å². The van der Waals surface area contributed by atoms with Gasteiger partial charge in [0.1, 0.15) is 5.75 Å². The van der Waals surface area contributed by atoms with Gasteiger partial charge in [0, 0.05) is 37.3 Å². The molecule has 2 aliphatic rings. The number of rotatable bonds is 4. The zero-order valence-corrected chi connectivity index (χ0v) is 15.6. The van der Waals surface area contributed by atoms with Crippen LogP contribution in [0.4, 0.5) is 11.5 Å². The van der Waals surface area contributed by atoms with E-state index >= 15 is 0 Å². The normalized spacial score (nSPS) is 21.4. The maximum Gasteiger partial charge on any atom is 0.169 e. The van der Waals surface area contributed by atoms with Crippen LogP contribution in [0.25, 0.3) is 11.3 Å². The third-order valence-corrected chi connectivity index (χ3v) is 5.87. The second-order valence-electron chi connectivity index (χ2n) is 7.63. The number of likely N-dealkylation sites (tertiary alicyclic amines) is 1. The zero-order valence-electron chi connectivity index (χ0n) is 15.6. The van der Waals surface area contributed by atoms with Crippen molar-refractivity contribution in [2.45, 2.75) is 25.0 Å². The highest BCUT2D eigenvalue weighted by Crippen LogP contribution is 2.39. The van der Waals surface area contributed by atoms with E-state index in [2.05, 4.69) is 50.3 Å². The molecule has 3 N–H and O–H groups in total. The number of nitrogens with zero attached hydrogens (tertiary/aromatic N) is 4. The summed E-state index contributed by atoms with van der Waals surface area (Å²) in [5.74, 6) is 0.644. The number of aromatic nitrogens is 2. The summed E-state index contributed by atoms with van der Waals surface area (Å²) in [5.41, 5.74) is 9.77. The molecule has 142 valence electrons. The van der Waals surface area contributed by atoms with Crippen molar-refractivity contribution in [3.63, 3.8) is 0 Å². The van der Waals surface area contributed by atoms with Crippen LogP contribution in [-0.4, -0.2) is 45.4 Å². The van der Waals surface area contributed by atoms with Crippen molar-refractivity contribution in [1.82, 2.24) is 15.1 Å². The van der Waals surface area contributed by atoms with Gasteiger partial charge in [-0.05, 0) is 30.2 Å². The van der Waals surface area contributed by atoms with Crippen LogP contribution in [-0.2, 0) is 6.54 Å². The van der Waals surface area contributed by atoms with E-state index in [-0.39, 0.29) is 5.75 Å². The molecule has 0 aliphatic carbocycles. The van der Waals surface area contributed by atoms with E-state index < -0.39 is 0 Å². The van der Waals surface area contributed by atoms with Gasteiger partial charge >= 0.3 is 0 Å². The minimum Gasteiger partial charge on any atom is -0.507 e. The van der Waals surface area contributed by atoms with Crippen molar-refractivity contribution < 1.29 is 5.11 Å². The molecule has 6 nitrogen and oxygen atoms in total. The van der Waals surface area contributed by atoms with Gasteiger partial charge in [0.25, 0.3) is 0 Å². The van der Waals surface area contributed by atoms with Crippen molar-refractivity contribution in [3.05, 3.63) is 66.2 Å². The van der Waals surface area contributed by atoms with Crippen LogP contribution in [0.1, 0.15) is 12.0 Å². The Morgan fingerprint density at radius 1 is 0.964 bits per heavy atom. The molecule has 3 heterocycles. The Morgan fingerprint density at radius 2 is 1.75 bits per heavy atom. The number of anilines is 2. The summed E-state index contributed by atoms with van der Waals surface area (Å²) in [6.07, 6.45) is 1.14. The van der Waals surface area contributed by atoms with Gasteiger partial charge in [-0.15, -0.1) is 10.2 Å². The fourth-order valence-corrected chi connectivity index (χ4v) is 4.50. The first-order chi connectivity index (χ1) is 13.7. The molecule has 2 fully saturated rings. The Bertz CT molecular complexity index is 993. The number of hydrogen-bond donors (Lipinski definition) is 2. The third kappa shape index (κ3) is 2.96. The number of aromatic hydroxyl groups is 1. The molecule has 0 amide bonds. The highest BCUT2D eigenvalue weighted by atomic mass is 16.3. The molecule has 2 aromatic carbocycles. The molecule has 0 radical (unpaired) electrons. The largest absolute Gasteiger partial charge is 0.507 e. The van der Waals surface area contributed by atoms with Gasteiger partial charge in [0.2, 0.25) is 0 Å². The Kier molecular flexibility index (Phi) is 4.13. The van der Waals surface area contributed by atoms with Gasteiger partial charge in [0.15, 0.2) is 5.82 Å². The Hall–Kier alpha value is -3.12. The summed E-state index contributed by atoms with van der Waals surface area (Å²) < 4.78 is 0. The number of para-hydroxylation sites is 1. The van der Waals surface area contributed by atoms with Crippen LogP contribution in [0.5, 0.6) is 5.75 Å². The van der Waals surface area contributed by atoms with E-state index in [9.17, 15) is 5.11 Å². The van der Waals surface area contributed by atoms with Crippen molar-refractivity contribution in [3.8, 4) is 17.0 Å². The monoisotopic (exact) mass is 373 g/mol. The standard InChI is InChI=1S/C22H23N5O/c23-22-20(11-19(24-25-22)18-8-4-5-9-21(18)28)27-14-16-10-17(27)13-26(16)12-15-6-2-1-3-7-15/h1-9,11,16-17,28H,10,12-14H2,(H2,23,25)/t16-,17?/m0/s1. The number of fused-ring (bicyclic) bond motifs is 2. The number of piperazine rings is 1. The molecular formula is C22H23N5O. The van der Waals surface area contributed by atoms with Crippen LogP contribution in [0.15, 0.2) is 60.7 Å². The van der Waals surface area contributed by atoms with Gasteiger partial charge in [-0.1, -0.05) is 42.5 Å². The first kappa shape index (κ1) is 17.0. The maximum atomic E-state index is 10.2. The van der Waals surface area contributed by atoms with Crippen molar-refractivity contribution in [2.24, 2.45) is 0 Å². The van der Waals surface area contributed by atoms with Crippen molar-refractivity contribution in [1.29, 1.82) is 0 Å². The predicted molar refractivity (Wildman–Crippen MR) is 110 cm³/mol. The average Bonchev–Trinajstić information content (AvgIpc) is 3.30. The molecule has 3 aromatic rings. The number of phenolic OH excluding ortho intramolecular Hbond substituents is 1. The fraction of sp³-hybridized carbons (Fsp3) is 0.273. The SMILES string of the molecule is Nc1nnc(-c2ccccc2O)cc1N1C[C@@H]2CC1CN2Cc1ccccc1. The molecule has 0 spiro atoms. The van der Waals surface area contributed by atoms with E-state index in [0.717, 1.165) is 31.7 Å². The highest BCUT2D eigenvalue weighted by Gasteiger charge is 2.43. The molecule has 2 saturated heterocycles. The molecule has 1 unspecified atom stereocenters. The molecular weight excluding hydrogens is 350 g/mol. The van der Waals surface area contributed by atoms with E-state index in [1.807, 2.05) is 18.2 Å². The first-order valence-corrected chi connectivity index (χ1v) is 9.65. The van der Waals surface area contributed by atoms with Crippen LogP contribution < -0.4 is 10.6 Å². The second-order valence-corrected chi connectivity index (χ2v) is 7.63. The maximum absolute atomic E-state index is 10.2. The highest BCUT2D eigenvalue weighted by molar-refractivity contribution is 5.74. The lowest BCUT2D eigenvalue weighted by Gasteiger charge is -2.36. The molecule has 2 atom stereocenters. The summed E-state index contributed by atoms with van der Waals surface area (Å²) in [4.78, 5) is 4.92. The lowest BCUT2D eigenvalue weighted by molar-refractivity contribution is 0.230. The lowest BCUT2D eigenvalue weighted by atomic mass is 10.1. The number of nitrogen functional groups attached to an aromatic ring is 1. The molecule has 28 heavy (non-hydrogen) atoms. The third-order valence-electron chi connectivity index (χ3n) is 5.87. The van der Waals surface area contributed by atoms with Crippen LogP contribution in [0, 0.1) is 0 Å². The van der Waals surface area contributed by atoms with Gasteiger partial charge < -0.3 is 15.7 Å². The van der Waals surface area contributed by atoms with Gasteiger partial charge in [0.05, 0.1) is 11.4 Å². The Balaban J connectivity index is 1.37. The molecule has 2 bridgehead atoms. The minimum absolute atomic E-state index is 0.199. The lowest BCUT2D eigenvalue weighted by Crippen LogP contribution is -2.46. The average molecular weight is 373 g/mol. The second kappa shape index (κ2) is 6.80. The Labute approximate surface area is 164 Å². The number of benzene rings is 2. The summed E-state index contributed by atoms with van der Waals surface area (Å²) in [7, 11) is 0.